The van der Waals surface area contributed by atoms with E-state index in [2.05, 4.69) is 39.7 Å². The normalized spacial score (nSPS) is 19.1. The molecule has 7 nitrogen and oxygen atoms in total. The molecule has 1 aliphatic heterocycles. The van der Waals surface area contributed by atoms with Crippen molar-refractivity contribution in [1.29, 1.82) is 0 Å². The van der Waals surface area contributed by atoms with E-state index in [-0.39, 0.29) is 35.9 Å². The average Bonchev–Trinajstić information content (AvgIpc) is 3.55. The number of aromatic nitrogens is 1. The van der Waals surface area contributed by atoms with E-state index in [0.29, 0.717) is 18.3 Å². The van der Waals surface area contributed by atoms with Gasteiger partial charge in [0.15, 0.2) is 5.96 Å². The molecule has 4 rings (SSSR count). The van der Waals surface area contributed by atoms with Crippen molar-refractivity contribution in [2.45, 2.75) is 51.5 Å². The van der Waals surface area contributed by atoms with Crippen LogP contribution in [0.1, 0.15) is 43.4 Å². The highest BCUT2D eigenvalue weighted by atomic mass is 127. The minimum atomic E-state index is 0. The highest BCUT2D eigenvalue weighted by molar-refractivity contribution is 14.0. The highest BCUT2D eigenvalue weighted by Crippen LogP contribution is 2.27. The van der Waals surface area contributed by atoms with Crippen molar-refractivity contribution in [3.8, 4) is 11.5 Å². The Hall–Kier alpha value is -2.10. The molecule has 1 saturated carbocycles. The van der Waals surface area contributed by atoms with Gasteiger partial charge in [-0.25, -0.2) is 4.98 Å². The zero-order valence-corrected chi connectivity index (χ0v) is 21.3. The fraction of sp³-hybridized carbons (Fsp3) is 0.542. The van der Waals surface area contributed by atoms with Gasteiger partial charge in [0.25, 0.3) is 0 Å². The molecular formula is C24H34IN5O2. The van der Waals surface area contributed by atoms with Crippen LogP contribution in [0.25, 0.3) is 11.5 Å². The van der Waals surface area contributed by atoms with Crippen LogP contribution in [0.3, 0.4) is 0 Å². The van der Waals surface area contributed by atoms with Gasteiger partial charge >= 0.3 is 0 Å². The Morgan fingerprint density at radius 2 is 1.97 bits per heavy atom. The summed E-state index contributed by atoms with van der Waals surface area (Å²) in [6.07, 6.45) is 7.93. The smallest absolute Gasteiger partial charge is 0.226 e. The molecule has 32 heavy (non-hydrogen) atoms. The number of carbonyl (C=O) groups is 1. The molecule has 1 aromatic carbocycles. The summed E-state index contributed by atoms with van der Waals surface area (Å²) in [4.78, 5) is 23.6. The first-order valence-corrected chi connectivity index (χ1v) is 11.4. The minimum absolute atomic E-state index is 0. The first-order valence-electron chi connectivity index (χ1n) is 11.4. The number of aryl methyl sites for hydroxylation is 1. The standard InChI is InChI=1S/C24H33N5O2.HI/c1-17-7-9-18(10-8-17)22-27-21(16-31-22)11-13-26-24(25-2)28-20-12-14-29(15-20)23(30)19-5-3-4-6-19;/h7-10,16,19-20H,3-6,11-15H2,1-2H3,(H2,25,26,28);1H. The van der Waals surface area contributed by atoms with Crippen LogP contribution in [-0.2, 0) is 11.2 Å². The lowest BCUT2D eigenvalue weighted by Crippen LogP contribution is -2.45. The van der Waals surface area contributed by atoms with Crippen molar-refractivity contribution in [1.82, 2.24) is 20.5 Å². The van der Waals surface area contributed by atoms with Gasteiger partial charge in [0.1, 0.15) is 6.26 Å². The summed E-state index contributed by atoms with van der Waals surface area (Å²) >= 11 is 0. The number of guanidine groups is 1. The monoisotopic (exact) mass is 551 g/mol. The largest absolute Gasteiger partial charge is 0.444 e. The summed E-state index contributed by atoms with van der Waals surface area (Å²) in [5.41, 5.74) is 3.11. The van der Waals surface area contributed by atoms with Gasteiger partial charge in [-0.05, 0) is 38.3 Å². The van der Waals surface area contributed by atoms with Gasteiger partial charge in [0.2, 0.25) is 11.8 Å². The highest BCUT2D eigenvalue weighted by Gasteiger charge is 2.32. The van der Waals surface area contributed by atoms with Gasteiger partial charge in [0, 0.05) is 50.6 Å². The fourth-order valence-corrected chi connectivity index (χ4v) is 4.46. The van der Waals surface area contributed by atoms with Crippen LogP contribution < -0.4 is 10.6 Å². The lowest BCUT2D eigenvalue weighted by atomic mass is 10.1. The number of nitrogens with zero attached hydrogens (tertiary/aromatic N) is 3. The maximum absolute atomic E-state index is 12.6. The Balaban J connectivity index is 0.00000289. The topological polar surface area (TPSA) is 82.8 Å². The van der Waals surface area contributed by atoms with Crippen LogP contribution >= 0.6 is 24.0 Å². The van der Waals surface area contributed by atoms with E-state index in [1.807, 2.05) is 17.0 Å². The molecule has 8 heteroatoms. The number of halogens is 1. The summed E-state index contributed by atoms with van der Waals surface area (Å²) in [6.45, 7) is 4.37. The van der Waals surface area contributed by atoms with Crippen LogP contribution in [0.15, 0.2) is 39.9 Å². The van der Waals surface area contributed by atoms with Crippen LogP contribution in [0.4, 0.5) is 0 Å². The molecule has 174 valence electrons. The van der Waals surface area contributed by atoms with E-state index in [4.69, 9.17) is 4.42 Å². The Labute approximate surface area is 207 Å². The summed E-state index contributed by atoms with van der Waals surface area (Å²) in [6, 6.07) is 8.41. The van der Waals surface area contributed by atoms with Crippen molar-refractivity contribution >= 4 is 35.8 Å². The predicted octanol–water partition coefficient (Wildman–Crippen LogP) is 3.77. The molecule has 0 bridgehead atoms. The van der Waals surface area contributed by atoms with E-state index >= 15 is 0 Å². The lowest BCUT2D eigenvalue weighted by molar-refractivity contribution is -0.134. The summed E-state index contributed by atoms with van der Waals surface area (Å²) in [5.74, 6) is 2.02. The number of hydrogen-bond acceptors (Lipinski definition) is 4. The molecule has 1 aromatic heterocycles. The van der Waals surface area contributed by atoms with Crippen LogP contribution in [-0.4, -0.2) is 54.5 Å². The fourth-order valence-electron chi connectivity index (χ4n) is 4.46. The number of hydrogen-bond donors (Lipinski definition) is 2. The van der Waals surface area contributed by atoms with Gasteiger partial charge in [-0.3, -0.25) is 9.79 Å². The molecule has 0 spiro atoms. The average molecular weight is 551 g/mol. The summed E-state index contributed by atoms with van der Waals surface area (Å²) in [7, 11) is 1.78. The molecule has 1 aliphatic carbocycles. The third-order valence-electron chi connectivity index (χ3n) is 6.29. The van der Waals surface area contributed by atoms with E-state index in [0.717, 1.165) is 56.0 Å². The summed E-state index contributed by atoms with van der Waals surface area (Å²) < 4.78 is 5.64. The molecule has 0 radical (unpaired) electrons. The maximum Gasteiger partial charge on any atom is 0.226 e. The minimum Gasteiger partial charge on any atom is -0.444 e. The van der Waals surface area contributed by atoms with Crippen molar-refractivity contribution in [3.63, 3.8) is 0 Å². The van der Waals surface area contributed by atoms with Crippen LogP contribution in [0.2, 0.25) is 0 Å². The van der Waals surface area contributed by atoms with Gasteiger partial charge in [-0.15, -0.1) is 24.0 Å². The number of benzene rings is 1. The molecule has 1 amide bonds. The number of amides is 1. The van der Waals surface area contributed by atoms with Crippen molar-refractivity contribution < 1.29 is 9.21 Å². The van der Waals surface area contributed by atoms with Gasteiger partial charge in [-0.1, -0.05) is 30.5 Å². The molecule has 2 N–H and O–H groups in total. The zero-order valence-electron chi connectivity index (χ0n) is 19.0. The molecule has 2 fully saturated rings. The lowest BCUT2D eigenvalue weighted by Gasteiger charge is -2.21. The zero-order chi connectivity index (χ0) is 21.6. The molecular weight excluding hydrogens is 517 g/mol. The Bertz CT molecular complexity index is 905. The Kier molecular flexibility index (Phi) is 8.95. The number of oxazole rings is 1. The molecule has 1 atom stereocenters. The molecule has 1 saturated heterocycles. The predicted molar refractivity (Wildman–Crippen MR) is 137 cm³/mol. The SMILES string of the molecule is CN=C(NCCc1coc(-c2ccc(C)cc2)n1)NC1CCN(C(=O)C2CCCC2)C1.I. The van der Waals surface area contributed by atoms with Gasteiger partial charge < -0.3 is 20.0 Å². The van der Waals surface area contributed by atoms with Crippen LogP contribution in [0.5, 0.6) is 0 Å². The van der Waals surface area contributed by atoms with Crippen LogP contribution in [0, 0.1) is 12.8 Å². The molecule has 2 aromatic rings. The number of aliphatic imine (C=N–C) groups is 1. The first-order chi connectivity index (χ1) is 15.1. The quantitative estimate of drug-likeness (QED) is 0.325. The second-order valence-electron chi connectivity index (χ2n) is 8.65. The number of carbonyl (C=O) groups excluding carboxylic acids is 1. The molecule has 1 unspecified atom stereocenters. The maximum atomic E-state index is 12.6. The molecule has 2 heterocycles. The number of nitrogens with one attached hydrogen (secondary N) is 2. The second-order valence-corrected chi connectivity index (χ2v) is 8.65. The van der Waals surface area contributed by atoms with Gasteiger partial charge in [-0.2, -0.15) is 0 Å². The van der Waals surface area contributed by atoms with E-state index in [1.54, 1.807) is 13.3 Å². The molecule has 2 aliphatic rings. The first kappa shape index (κ1) is 24.5. The Morgan fingerprint density at radius 3 is 2.69 bits per heavy atom. The third kappa shape index (κ3) is 6.24. The summed E-state index contributed by atoms with van der Waals surface area (Å²) in [5, 5.41) is 6.82. The number of rotatable bonds is 6. The van der Waals surface area contributed by atoms with E-state index < -0.39 is 0 Å². The Morgan fingerprint density at radius 1 is 1.22 bits per heavy atom. The van der Waals surface area contributed by atoms with E-state index in [9.17, 15) is 4.79 Å². The second kappa shape index (κ2) is 11.7. The van der Waals surface area contributed by atoms with Crippen molar-refractivity contribution in [2.24, 2.45) is 10.9 Å². The van der Waals surface area contributed by atoms with Crippen molar-refractivity contribution in [2.75, 3.05) is 26.7 Å². The van der Waals surface area contributed by atoms with Gasteiger partial charge in [0.05, 0.1) is 5.69 Å². The van der Waals surface area contributed by atoms with Crippen molar-refractivity contribution in [3.05, 3.63) is 41.8 Å². The van der Waals surface area contributed by atoms with E-state index in [1.165, 1.54) is 18.4 Å². The number of likely N-dealkylation sites (tertiary alicyclic amines) is 1. The third-order valence-corrected chi connectivity index (χ3v) is 6.29.